The molecule has 1 aliphatic carbocycles. The van der Waals surface area contributed by atoms with E-state index in [1.807, 2.05) is 50.5 Å². The summed E-state index contributed by atoms with van der Waals surface area (Å²) in [5, 5.41) is 0. The monoisotopic (exact) mass is 257 g/mol. The van der Waals surface area contributed by atoms with Crippen molar-refractivity contribution in [1.82, 2.24) is 9.13 Å². The first-order valence-corrected chi connectivity index (χ1v) is 6.70. The molecule has 1 fully saturated rings. The SMILES string of the molecule is CC(C)n1ccn(-c2ccc(C3(N)CC3)cc2)c1=O. The van der Waals surface area contributed by atoms with Crippen LogP contribution in [0.15, 0.2) is 41.5 Å². The van der Waals surface area contributed by atoms with E-state index in [0.29, 0.717) is 0 Å². The van der Waals surface area contributed by atoms with Crippen molar-refractivity contribution in [2.45, 2.75) is 38.3 Å². The Balaban J connectivity index is 1.96. The van der Waals surface area contributed by atoms with Gasteiger partial charge < -0.3 is 5.73 Å². The first-order chi connectivity index (χ1) is 9.01. The third kappa shape index (κ3) is 2.02. The van der Waals surface area contributed by atoms with Gasteiger partial charge in [0, 0.05) is 24.0 Å². The predicted molar refractivity (Wildman–Crippen MR) is 75.5 cm³/mol. The first kappa shape index (κ1) is 12.2. The molecule has 0 atom stereocenters. The van der Waals surface area contributed by atoms with Crippen molar-refractivity contribution in [1.29, 1.82) is 0 Å². The lowest BCUT2D eigenvalue weighted by atomic mass is 10.1. The second-order valence-corrected chi connectivity index (χ2v) is 5.65. The Labute approximate surface area is 112 Å². The van der Waals surface area contributed by atoms with E-state index in [9.17, 15) is 4.79 Å². The van der Waals surface area contributed by atoms with Gasteiger partial charge in [-0.2, -0.15) is 0 Å². The van der Waals surface area contributed by atoms with Crippen molar-refractivity contribution in [2.24, 2.45) is 5.73 Å². The molecule has 19 heavy (non-hydrogen) atoms. The summed E-state index contributed by atoms with van der Waals surface area (Å²) in [5.74, 6) is 0. The Hall–Kier alpha value is -1.81. The van der Waals surface area contributed by atoms with Crippen LogP contribution < -0.4 is 11.4 Å². The topological polar surface area (TPSA) is 52.9 Å². The summed E-state index contributed by atoms with van der Waals surface area (Å²) in [6.45, 7) is 4.00. The van der Waals surface area contributed by atoms with Gasteiger partial charge in [-0.05, 0) is 44.4 Å². The van der Waals surface area contributed by atoms with Gasteiger partial charge in [0.1, 0.15) is 0 Å². The van der Waals surface area contributed by atoms with Crippen molar-refractivity contribution in [3.8, 4) is 5.69 Å². The maximum Gasteiger partial charge on any atom is 0.332 e. The van der Waals surface area contributed by atoms with Crippen LogP contribution in [-0.4, -0.2) is 9.13 Å². The number of rotatable bonds is 3. The molecule has 0 saturated heterocycles. The van der Waals surface area contributed by atoms with Gasteiger partial charge in [0.25, 0.3) is 0 Å². The van der Waals surface area contributed by atoms with Crippen LogP contribution in [0.2, 0.25) is 0 Å². The molecule has 100 valence electrons. The molecule has 1 heterocycles. The molecular weight excluding hydrogens is 238 g/mol. The highest BCUT2D eigenvalue weighted by molar-refractivity contribution is 5.39. The molecule has 0 unspecified atom stereocenters. The summed E-state index contributed by atoms with van der Waals surface area (Å²) in [6, 6.07) is 8.16. The van der Waals surface area contributed by atoms with Crippen LogP contribution in [-0.2, 0) is 5.54 Å². The molecule has 3 rings (SSSR count). The highest BCUT2D eigenvalue weighted by Crippen LogP contribution is 2.42. The summed E-state index contributed by atoms with van der Waals surface area (Å²) in [4.78, 5) is 12.2. The number of aromatic nitrogens is 2. The minimum absolute atomic E-state index is 0.00312. The van der Waals surface area contributed by atoms with Crippen molar-refractivity contribution in [3.63, 3.8) is 0 Å². The summed E-state index contributed by atoms with van der Waals surface area (Å²) in [5.41, 5.74) is 8.08. The average Bonchev–Trinajstić information content (AvgIpc) is 3.01. The second kappa shape index (κ2) is 4.10. The van der Waals surface area contributed by atoms with Gasteiger partial charge in [-0.15, -0.1) is 0 Å². The van der Waals surface area contributed by atoms with Crippen LogP contribution in [0.4, 0.5) is 0 Å². The summed E-state index contributed by atoms with van der Waals surface area (Å²) in [6.07, 6.45) is 5.74. The van der Waals surface area contributed by atoms with Crippen LogP contribution in [0.3, 0.4) is 0 Å². The van der Waals surface area contributed by atoms with E-state index in [1.165, 1.54) is 0 Å². The Kier molecular flexibility index (Phi) is 2.64. The molecule has 2 N–H and O–H groups in total. The highest BCUT2D eigenvalue weighted by atomic mass is 16.1. The zero-order valence-electron chi connectivity index (χ0n) is 11.3. The molecule has 4 heteroatoms. The normalized spacial score (nSPS) is 16.8. The highest BCUT2D eigenvalue weighted by Gasteiger charge is 2.39. The van der Waals surface area contributed by atoms with E-state index in [-0.39, 0.29) is 17.3 Å². The van der Waals surface area contributed by atoms with E-state index in [4.69, 9.17) is 5.73 Å². The number of benzene rings is 1. The zero-order chi connectivity index (χ0) is 13.6. The Morgan fingerprint density at radius 2 is 1.79 bits per heavy atom. The van der Waals surface area contributed by atoms with Gasteiger partial charge >= 0.3 is 5.69 Å². The van der Waals surface area contributed by atoms with E-state index in [0.717, 1.165) is 24.1 Å². The maximum atomic E-state index is 12.2. The van der Waals surface area contributed by atoms with E-state index in [2.05, 4.69) is 0 Å². The smallest absolute Gasteiger partial charge is 0.321 e. The molecule has 2 aromatic rings. The fourth-order valence-corrected chi connectivity index (χ4v) is 2.36. The van der Waals surface area contributed by atoms with Gasteiger partial charge in [-0.1, -0.05) is 12.1 Å². The lowest BCUT2D eigenvalue weighted by Gasteiger charge is -2.10. The third-order valence-corrected chi connectivity index (χ3v) is 3.87. The van der Waals surface area contributed by atoms with Crippen LogP contribution in [0, 0.1) is 0 Å². The standard InChI is InChI=1S/C15H19N3O/c1-11(2)17-9-10-18(14(17)19)13-5-3-12(4-6-13)15(16)7-8-15/h3-6,9-11H,7-8,16H2,1-2H3. The maximum absolute atomic E-state index is 12.2. The van der Waals surface area contributed by atoms with Crippen LogP contribution in [0.1, 0.15) is 38.3 Å². The number of hydrogen-bond donors (Lipinski definition) is 1. The van der Waals surface area contributed by atoms with Gasteiger partial charge in [0.2, 0.25) is 0 Å². The zero-order valence-corrected chi connectivity index (χ0v) is 11.3. The van der Waals surface area contributed by atoms with Gasteiger partial charge in [-0.3, -0.25) is 9.13 Å². The van der Waals surface area contributed by atoms with Gasteiger partial charge in [0.05, 0.1) is 5.69 Å². The van der Waals surface area contributed by atoms with Crippen LogP contribution in [0.25, 0.3) is 5.69 Å². The van der Waals surface area contributed by atoms with Crippen molar-refractivity contribution in [3.05, 3.63) is 52.7 Å². The van der Waals surface area contributed by atoms with Crippen molar-refractivity contribution >= 4 is 0 Å². The molecule has 0 spiro atoms. The number of nitrogens with two attached hydrogens (primary N) is 1. The Bertz CT molecular complexity index is 645. The quantitative estimate of drug-likeness (QED) is 0.916. The largest absolute Gasteiger partial charge is 0.332 e. The lowest BCUT2D eigenvalue weighted by Crippen LogP contribution is -2.24. The van der Waals surface area contributed by atoms with E-state index in [1.54, 1.807) is 9.13 Å². The first-order valence-electron chi connectivity index (χ1n) is 6.70. The molecule has 4 nitrogen and oxygen atoms in total. The van der Waals surface area contributed by atoms with E-state index < -0.39 is 0 Å². The molecule has 1 aromatic carbocycles. The summed E-state index contributed by atoms with van der Waals surface area (Å²) < 4.78 is 3.39. The van der Waals surface area contributed by atoms with Crippen LogP contribution in [0.5, 0.6) is 0 Å². The molecule has 0 bridgehead atoms. The van der Waals surface area contributed by atoms with Gasteiger partial charge in [0.15, 0.2) is 0 Å². The molecule has 1 saturated carbocycles. The van der Waals surface area contributed by atoms with Crippen molar-refractivity contribution in [2.75, 3.05) is 0 Å². The molecule has 0 radical (unpaired) electrons. The average molecular weight is 257 g/mol. The Morgan fingerprint density at radius 3 is 2.26 bits per heavy atom. The molecular formula is C15H19N3O. The lowest BCUT2D eigenvalue weighted by molar-refractivity contribution is 0.574. The van der Waals surface area contributed by atoms with Crippen molar-refractivity contribution < 1.29 is 0 Å². The number of hydrogen-bond acceptors (Lipinski definition) is 2. The minimum atomic E-state index is -0.118. The summed E-state index contributed by atoms with van der Waals surface area (Å²) in [7, 11) is 0. The molecule has 1 aliphatic rings. The number of imidazole rings is 1. The third-order valence-electron chi connectivity index (χ3n) is 3.87. The number of nitrogens with zero attached hydrogens (tertiary/aromatic N) is 2. The molecule has 1 aromatic heterocycles. The summed E-state index contributed by atoms with van der Waals surface area (Å²) >= 11 is 0. The fourth-order valence-electron chi connectivity index (χ4n) is 2.36. The van der Waals surface area contributed by atoms with E-state index >= 15 is 0 Å². The Morgan fingerprint density at radius 1 is 1.16 bits per heavy atom. The minimum Gasteiger partial charge on any atom is -0.321 e. The molecule has 0 aliphatic heterocycles. The second-order valence-electron chi connectivity index (χ2n) is 5.65. The predicted octanol–water partition coefficient (Wildman–Crippen LogP) is 2.17. The molecule has 0 amide bonds. The van der Waals surface area contributed by atoms with Crippen LogP contribution >= 0.6 is 0 Å². The van der Waals surface area contributed by atoms with Gasteiger partial charge in [-0.25, -0.2) is 4.79 Å². The fraction of sp³-hybridized carbons (Fsp3) is 0.400.